The van der Waals surface area contributed by atoms with Crippen LogP contribution in [0, 0.1) is 0 Å². The Kier molecular flexibility index (Phi) is 4.33. The van der Waals surface area contributed by atoms with E-state index in [2.05, 4.69) is 20.0 Å². The van der Waals surface area contributed by atoms with Gasteiger partial charge in [0, 0.05) is 38.9 Å². The number of hydrogen-bond donors (Lipinski definition) is 1. The van der Waals surface area contributed by atoms with Crippen molar-refractivity contribution < 1.29 is 8.42 Å². The zero-order valence-electron chi connectivity index (χ0n) is 13.0. The third-order valence-corrected chi connectivity index (χ3v) is 5.00. The van der Waals surface area contributed by atoms with Gasteiger partial charge < -0.3 is 9.47 Å². The van der Waals surface area contributed by atoms with Crippen LogP contribution in [0.1, 0.15) is 5.82 Å². The maximum atomic E-state index is 11.3. The summed E-state index contributed by atoms with van der Waals surface area (Å²) in [7, 11) is -1.69. The highest BCUT2D eigenvalue weighted by molar-refractivity contribution is 7.89. The molecule has 0 spiro atoms. The van der Waals surface area contributed by atoms with Crippen LogP contribution in [-0.4, -0.2) is 54.3 Å². The minimum atomic E-state index is -3.63. The van der Waals surface area contributed by atoms with Gasteiger partial charge in [0.2, 0.25) is 10.0 Å². The second-order valence-corrected chi connectivity index (χ2v) is 7.22. The summed E-state index contributed by atoms with van der Waals surface area (Å²) in [5, 5.41) is 13.1. The summed E-state index contributed by atoms with van der Waals surface area (Å²) >= 11 is 0. The molecule has 0 saturated carbocycles. The Balaban J connectivity index is 1.59. The van der Waals surface area contributed by atoms with Crippen LogP contribution in [0.2, 0.25) is 0 Å². The lowest BCUT2D eigenvalue weighted by Gasteiger charge is -2.35. The van der Waals surface area contributed by atoms with E-state index in [-0.39, 0.29) is 4.90 Å². The van der Waals surface area contributed by atoms with E-state index >= 15 is 0 Å². The van der Waals surface area contributed by atoms with Gasteiger partial charge in [0.05, 0.1) is 11.4 Å². The van der Waals surface area contributed by atoms with Gasteiger partial charge in [-0.1, -0.05) is 0 Å². The second kappa shape index (κ2) is 6.26. The van der Waals surface area contributed by atoms with Crippen molar-refractivity contribution in [1.29, 1.82) is 0 Å². The molecule has 124 valence electrons. The number of sulfonamides is 1. The van der Waals surface area contributed by atoms with Gasteiger partial charge in [0.25, 0.3) is 0 Å². The quantitative estimate of drug-likeness (QED) is 0.829. The van der Waals surface area contributed by atoms with Crippen LogP contribution >= 0.6 is 0 Å². The zero-order valence-corrected chi connectivity index (χ0v) is 13.8. The predicted molar refractivity (Wildman–Crippen MR) is 86.3 cm³/mol. The molecule has 1 aliphatic heterocycles. The van der Waals surface area contributed by atoms with Crippen LogP contribution in [0.25, 0.3) is 0 Å². The highest BCUT2D eigenvalue weighted by atomic mass is 32.2. The van der Waals surface area contributed by atoms with E-state index in [1.54, 1.807) is 30.6 Å². The molecule has 1 saturated heterocycles. The molecular weight excluding hydrogens is 316 g/mol. The molecule has 2 N–H and O–H groups in total. The minimum Gasteiger partial charge on any atom is -0.369 e. The number of nitrogens with zero attached hydrogens (tertiary/aromatic N) is 5. The molecule has 0 unspecified atom stereocenters. The van der Waals surface area contributed by atoms with E-state index in [0.717, 1.165) is 44.2 Å². The lowest BCUT2D eigenvalue weighted by molar-refractivity contribution is 0.241. The number of benzene rings is 1. The Bertz CT molecular complexity index is 763. The summed E-state index contributed by atoms with van der Waals surface area (Å²) in [5.74, 6) is 0.955. The number of piperazine rings is 1. The standard InChI is InChI=1S/C14H20N6O2S/c1-18-11-16-17-14(18)10-19-6-8-20(9-7-19)12-2-4-13(5-3-12)23(15,21)22/h2-5,11H,6-10H2,1H3,(H2,15,21,22). The third kappa shape index (κ3) is 3.69. The van der Waals surface area contributed by atoms with Gasteiger partial charge in [0.1, 0.15) is 12.2 Å². The van der Waals surface area contributed by atoms with Gasteiger partial charge in [-0.2, -0.15) is 0 Å². The van der Waals surface area contributed by atoms with E-state index in [1.807, 2.05) is 11.6 Å². The summed E-state index contributed by atoms with van der Waals surface area (Å²) in [4.78, 5) is 4.71. The Morgan fingerprint density at radius 2 is 1.78 bits per heavy atom. The normalized spacial score (nSPS) is 16.7. The van der Waals surface area contributed by atoms with Crippen molar-refractivity contribution in [2.45, 2.75) is 11.4 Å². The van der Waals surface area contributed by atoms with Crippen molar-refractivity contribution in [2.24, 2.45) is 12.2 Å². The molecule has 23 heavy (non-hydrogen) atoms. The third-order valence-electron chi connectivity index (χ3n) is 4.07. The van der Waals surface area contributed by atoms with Gasteiger partial charge in [-0.25, -0.2) is 13.6 Å². The Labute approximate surface area is 135 Å². The Morgan fingerprint density at radius 1 is 1.13 bits per heavy atom. The summed E-state index contributed by atoms with van der Waals surface area (Å²) in [6.07, 6.45) is 1.71. The predicted octanol–water partition coefficient (Wildman–Crippen LogP) is -0.215. The molecule has 2 aromatic rings. The molecule has 0 atom stereocenters. The first kappa shape index (κ1) is 15.9. The fourth-order valence-electron chi connectivity index (χ4n) is 2.66. The van der Waals surface area contributed by atoms with Crippen LogP contribution in [0.3, 0.4) is 0 Å². The monoisotopic (exact) mass is 336 g/mol. The molecule has 1 aromatic carbocycles. The van der Waals surface area contributed by atoms with Crippen LogP contribution in [0.4, 0.5) is 5.69 Å². The second-order valence-electron chi connectivity index (χ2n) is 5.66. The van der Waals surface area contributed by atoms with Crippen molar-refractivity contribution in [3.05, 3.63) is 36.4 Å². The van der Waals surface area contributed by atoms with Gasteiger partial charge in [-0.05, 0) is 24.3 Å². The van der Waals surface area contributed by atoms with E-state index in [9.17, 15) is 8.42 Å². The molecule has 9 heteroatoms. The molecule has 1 fully saturated rings. The van der Waals surface area contributed by atoms with Crippen molar-refractivity contribution in [3.8, 4) is 0 Å². The molecule has 1 aromatic heterocycles. The summed E-state index contributed by atoms with van der Waals surface area (Å²) < 4.78 is 24.5. The first-order chi connectivity index (χ1) is 10.9. The van der Waals surface area contributed by atoms with Crippen molar-refractivity contribution in [1.82, 2.24) is 19.7 Å². The Morgan fingerprint density at radius 3 is 2.30 bits per heavy atom. The number of hydrogen-bond acceptors (Lipinski definition) is 6. The van der Waals surface area contributed by atoms with Crippen LogP contribution in [-0.2, 0) is 23.6 Å². The fourth-order valence-corrected chi connectivity index (χ4v) is 3.18. The molecule has 2 heterocycles. The fraction of sp³-hybridized carbons (Fsp3) is 0.429. The number of anilines is 1. The number of primary sulfonamides is 1. The van der Waals surface area contributed by atoms with E-state index in [4.69, 9.17) is 5.14 Å². The van der Waals surface area contributed by atoms with Crippen molar-refractivity contribution in [3.63, 3.8) is 0 Å². The summed E-state index contributed by atoms with van der Waals surface area (Å²) in [5.41, 5.74) is 1.01. The Hall–Kier alpha value is -1.97. The van der Waals surface area contributed by atoms with E-state index in [0.29, 0.717) is 0 Å². The smallest absolute Gasteiger partial charge is 0.238 e. The average molecular weight is 336 g/mol. The molecule has 0 amide bonds. The van der Waals surface area contributed by atoms with Crippen LogP contribution < -0.4 is 10.0 Å². The van der Waals surface area contributed by atoms with Crippen molar-refractivity contribution >= 4 is 15.7 Å². The van der Waals surface area contributed by atoms with E-state index in [1.165, 1.54) is 0 Å². The number of nitrogens with two attached hydrogens (primary N) is 1. The summed E-state index contributed by atoms with van der Waals surface area (Å²) in [6, 6.07) is 6.71. The van der Waals surface area contributed by atoms with Crippen molar-refractivity contribution in [2.75, 3.05) is 31.1 Å². The highest BCUT2D eigenvalue weighted by Gasteiger charge is 2.19. The maximum Gasteiger partial charge on any atom is 0.238 e. The molecule has 0 radical (unpaired) electrons. The zero-order chi connectivity index (χ0) is 16.4. The first-order valence-corrected chi connectivity index (χ1v) is 8.91. The number of aromatic nitrogens is 3. The summed E-state index contributed by atoms with van der Waals surface area (Å²) in [6.45, 7) is 4.39. The average Bonchev–Trinajstić information content (AvgIpc) is 2.93. The van der Waals surface area contributed by atoms with Crippen LogP contribution in [0.15, 0.2) is 35.5 Å². The molecule has 0 bridgehead atoms. The largest absolute Gasteiger partial charge is 0.369 e. The lowest BCUT2D eigenvalue weighted by atomic mass is 10.2. The topological polar surface area (TPSA) is 97.3 Å². The molecule has 0 aliphatic carbocycles. The molecule has 8 nitrogen and oxygen atoms in total. The SMILES string of the molecule is Cn1cnnc1CN1CCN(c2ccc(S(N)(=O)=O)cc2)CC1. The first-order valence-electron chi connectivity index (χ1n) is 7.36. The number of rotatable bonds is 4. The van der Waals surface area contributed by atoms with Gasteiger partial charge in [-0.3, -0.25) is 4.90 Å². The lowest BCUT2D eigenvalue weighted by Crippen LogP contribution is -2.46. The van der Waals surface area contributed by atoms with Gasteiger partial charge in [0.15, 0.2) is 0 Å². The molecular formula is C14H20N6O2S. The van der Waals surface area contributed by atoms with E-state index < -0.39 is 10.0 Å². The van der Waals surface area contributed by atoms with Gasteiger partial charge in [-0.15, -0.1) is 10.2 Å². The van der Waals surface area contributed by atoms with Gasteiger partial charge >= 0.3 is 0 Å². The number of aryl methyl sites for hydroxylation is 1. The highest BCUT2D eigenvalue weighted by Crippen LogP contribution is 2.19. The minimum absolute atomic E-state index is 0.141. The van der Waals surface area contributed by atoms with Crippen LogP contribution in [0.5, 0.6) is 0 Å². The maximum absolute atomic E-state index is 11.3. The molecule has 1 aliphatic rings. The molecule has 3 rings (SSSR count).